The maximum atomic E-state index is 12.2. The van der Waals surface area contributed by atoms with Crippen LogP contribution in [0.3, 0.4) is 0 Å². The second-order valence-electron chi connectivity index (χ2n) is 10.9. The molecule has 0 amide bonds. The number of allylic oxidation sites excluding steroid dienone is 5. The second kappa shape index (κ2) is 7.73. The smallest absolute Gasteiger partial charge is 0.156 e. The zero-order valence-corrected chi connectivity index (χ0v) is 20.0. The fraction of sp³-hybridized carbons (Fsp3) is 0.552. The lowest BCUT2D eigenvalue weighted by molar-refractivity contribution is -0.114. The van der Waals surface area contributed by atoms with Gasteiger partial charge in [0.1, 0.15) is 0 Å². The standard InChI is InChI=1S/C29H37NO2/c1-5-15-29(32)16-14-26-24-12-8-20-17-22(31)11-13-23(20)27(24)25(18-28(26,29)2)19-6-9-21(10-7-19)30(3)4/h5-7,9-10,15,17,24-26,32H,8,11-14,16,18H2,1-4H3/t24?,25?,26?,28-,29-/m0/s1. The van der Waals surface area contributed by atoms with Crippen LogP contribution in [0.4, 0.5) is 5.69 Å². The normalized spacial score (nSPS) is 36.6. The lowest BCUT2D eigenvalue weighted by Crippen LogP contribution is -2.50. The van der Waals surface area contributed by atoms with Crippen LogP contribution in [0.25, 0.3) is 0 Å². The summed E-state index contributed by atoms with van der Waals surface area (Å²) in [7, 11) is 4.16. The number of hydrogen-bond donors (Lipinski definition) is 1. The van der Waals surface area contributed by atoms with E-state index in [-0.39, 0.29) is 5.41 Å². The first-order valence-corrected chi connectivity index (χ1v) is 12.4. The molecular weight excluding hydrogens is 394 g/mol. The van der Waals surface area contributed by atoms with Crippen molar-refractivity contribution < 1.29 is 9.90 Å². The molecule has 2 saturated carbocycles. The van der Waals surface area contributed by atoms with Gasteiger partial charge in [0.05, 0.1) is 5.60 Å². The molecule has 0 aliphatic heterocycles. The molecule has 0 aromatic heterocycles. The van der Waals surface area contributed by atoms with Crippen LogP contribution in [0.15, 0.2) is 59.2 Å². The number of anilines is 1. The Morgan fingerprint density at radius 3 is 2.53 bits per heavy atom. The van der Waals surface area contributed by atoms with E-state index in [1.54, 1.807) is 5.57 Å². The second-order valence-corrected chi connectivity index (χ2v) is 10.9. The van der Waals surface area contributed by atoms with Gasteiger partial charge in [0.2, 0.25) is 0 Å². The van der Waals surface area contributed by atoms with Crippen LogP contribution >= 0.6 is 0 Å². The number of benzene rings is 1. The summed E-state index contributed by atoms with van der Waals surface area (Å²) in [4.78, 5) is 14.3. The number of hydrogen-bond acceptors (Lipinski definition) is 3. The maximum Gasteiger partial charge on any atom is 0.156 e. The van der Waals surface area contributed by atoms with Crippen molar-refractivity contribution in [3.05, 3.63) is 64.8 Å². The molecule has 1 N–H and O–H groups in total. The van der Waals surface area contributed by atoms with Gasteiger partial charge in [0, 0.05) is 37.5 Å². The Hall–Kier alpha value is -2.13. The van der Waals surface area contributed by atoms with Crippen molar-refractivity contribution in [2.24, 2.45) is 17.3 Å². The first kappa shape index (κ1) is 21.7. The van der Waals surface area contributed by atoms with Crippen molar-refractivity contribution >= 4 is 11.5 Å². The fourth-order valence-electron chi connectivity index (χ4n) is 7.55. The third-order valence-corrected chi connectivity index (χ3v) is 9.20. The first-order valence-electron chi connectivity index (χ1n) is 12.4. The zero-order valence-electron chi connectivity index (χ0n) is 20.0. The van der Waals surface area contributed by atoms with E-state index in [0.29, 0.717) is 30.0 Å². The van der Waals surface area contributed by atoms with Gasteiger partial charge in [-0.25, -0.2) is 0 Å². The summed E-state index contributed by atoms with van der Waals surface area (Å²) in [5, 5.41) is 11.8. The lowest BCUT2D eigenvalue weighted by atomic mass is 9.51. The minimum absolute atomic E-state index is 0.134. The predicted molar refractivity (Wildman–Crippen MR) is 131 cm³/mol. The van der Waals surface area contributed by atoms with E-state index in [2.05, 4.69) is 56.3 Å². The van der Waals surface area contributed by atoms with Crippen molar-refractivity contribution in [2.45, 2.75) is 70.3 Å². The molecule has 4 aliphatic carbocycles. The third-order valence-electron chi connectivity index (χ3n) is 9.20. The van der Waals surface area contributed by atoms with Crippen molar-refractivity contribution in [3.63, 3.8) is 0 Å². The Balaban J connectivity index is 1.66. The molecule has 2 fully saturated rings. The van der Waals surface area contributed by atoms with Crippen LogP contribution < -0.4 is 4.90 Å². The largest absolute Gasteiger partial charge is 0.385 e. The molecule has 1 aromatic carbocycles. The lowest BCUT2D eigenvalue weighted by Gasteiger charge is -2.54. The van der Waals surface area contributed by atoms with Gasteiger partial charge in [0.15, 0.2) is 5.78 Å². The number of aliphatic hydroxyl groups is 1. The number of carbonyl (C=O) groups is 1. The van der Waals surface area contributed by atoms with Gasteiger partial charge in [-0.2, -0.15) is 0 Å². The summed E-state index contributed by atoms with van der Waals surface area (Å²) in [6.45, 7) is 4.38. The Morgan fingerprint density at radius 1 is 1.09 bits per heavy atom. The molecule has 32 heavy (non-hydrogen) atoms. The van der Waals surface area contributed by atoms with Crippen LogP contribution in [0.5, 0.6) is 0 Å². The number of carbonyl (C=O) groups excluding carboxylic acids is 1. The molecule has 5 rings (SSSR count). The Labute approximate surface area is 192 Å². The molecule has 0 radical (unpaired) electrons. The van der Waals surface area contributed by atoms with E-state index in [0.717, 1.165) is 38.5 Å². The van der Waals surface area contributed by atoms with Gasteiger partial charge >= 0.3 is 0 Å². The SMILES string of the molecule is CC=C[C@]1(O)CCC2C3CCC4=CC(=O)CCC4=C3C(c3ccc(N(C)C)cc3)C[C@@]21C. The zero-order chi connectivity index (χ0) is 22.7. The Morgan fingerprint density at radius 2 is 1.84 bits per heavy atom. The van der Waals surface area contributed by atoms with E-state index >= 15 is 0 Å². The maximum absolute atomic E-state index is 12.2. The van der Waals surface area contributed by atoms with Crippen LogP contribution in [0.2, 0.25) is 0 Å². The number of rotatable bonds is 3. The Bertz CT molecular complexity index is 1010. The Kier molecular flexibility index (Phi) is 5.24. The average Bonchev–Trinajstić information content (AvgIpc) is 3.03. The van der Waals surface area contributed by atoms with E-state index in [1.807, 2.05) is 19.1 Å². The summed E-state index contributed by atoms with van der Waals surface area (Å²) in [5.41, 5.74) is 6.07. The van der Waals surface area contributed by atoms with Crippen molar-refractivity contribution in [1.82, 2.24) is 0 Å². The van der Waals surface area contributed by atoms with E-state index < -0.39 is 5.60 Å². The number of fused-ring (bicyclic) bond motifs is 4. The molecule has 3 heteroatoms. The van der Waals surface area contributed by atoms with Gasteiger partial charge in [-0.3, -0.25) is 4.79 Å². The average molecular weight is 432 g/mol. The molecule has 3 unspecified atom stereocenters. The molecule has 1 aromatic rings. The van der Waals surface area contributed by atoms with Crippen LogP contribution in [0.1, 0.15) is 70.3 Å². The van der Waals surface area contributed by atoms with Crippen LogP contribution in [-0.4, -0.2) is 30.6 Å². The molecule has 3 nitrogen and oxygen atoms in total. The van der Waals surface area contributed by atoms with Crippen molar-refractivity contribution in [2.75, 3.05) is 19.0 Å². The molecule has 0 bridgehead atoms. The number of nitrogens with zero attached hydrogens (tertiary/aromatic N) is 1. The van der Waals surface area contributed by atoms with Gasteiger partial charge in [-0.05, 0) is 92.2 Å². The van der Waals surface area contributed by atoms with Gasteiger partial charge in [0.25, 0.3) is 0 Å². The molecule has 170 valence electrons. The molecule has 0 heterocycles. The highest BCUT2D eigenvalue weighted by molar-refractivity contribution is 5.93. The summed E-state index contributed by atoms with van der Waals surface area (Å²) >= 11 is 0. The minimum atomic E-state index is -0.733. The molecule has 4 aliphatic rings. The molecular formula is C29H37NO2. The van der Waals surface area contributed by atoms with Crippen LogP contribution in [0, 0.1) is 17.3 Å². The molecule has 0 spiro atoms. The van der Waals surface area contributed by atoms with Crippen molar-refractivity contribution in [3.8, 4) is 0 Å². The van der Waals surface area contributed by atoms with E-state index in [1.165, 1.54) is 22.4 Å². The topological polar surface area (TPSA) is 40.5 Å². The number of ketones is 1. The summed E-state index contributed by atoms with van der Waals surface area (Å²) in [6, 6.07) is 9.04. The van der Waals surface area contributed by atoms with Crippen LogP contribution in [-0.2, 0) is 4.79 Å². The monoisotopic (exact) mass is 431 g/mol. The third kappa shape index (κ3) is 3.15. The molecule has 0 saturated heterocycles. The highest BCUT2D eigenvalue weighted by atomic mass is 16.3. The summed E-state index contributed by atoms with van der Waals surface area (Å²) < 4.78 is 0. The molecule has 5 atom stereocenters. The summed E-state index contributed by atoms with van der Waals surface area (Å²) in [6.07, 6.45) is 12.6. The van der Waals surface area contributed by atoms with Gasteiger partial charge < -0.3 is 10.0 Å². The predicted octanol–water partition coefficient (Wildman–Crippen LogP) is 5.96. The van der Waals surface area contributed by atoms with E-state index in [9.17, 15) is 9.90 Å². The van der Waals surface area contributed by atoms with Crippen molar-refractivity contribution in [1.29, 1.82) is 0 Å². The van der Waals surface area contributed by atoms with Gasteiger partial charge in [-0.1, -0.05) is 36.8 Å². The highest BCUT2D eigenvalue weighted by Crippen LogP contribution is 2.67. The quantitative estimate of drug-likeness (QED) is 0.600. The minimum Gasteiger partial charge on any atom is -0.385 e. The fourth-order valence-corrected chi connectivity index (χ4v) is 7.55. The van der Waals surface area contributed by atoms with E-state index in [4.69, 9.17) is 0 Å². The first-order chi connectivity index (χ1) is 15.3. The highest BCUT2D eigenvalue weighted by Gasteiger charge is 2.61. The van der Waals surface area contributed by atoms with Gasteiger partial charge in [-0.15, -0.1) is 0 Å². The summed E-state index contributed by atoms with van der Waals surface area (Å²) in [5.74, 6) is 1.60.